The Bertz CT molecular complexity index is 1310. The number of aliphatic hydroxyl groups excluding tert-OH is 1. The highest BCUT2D eigenvalue weighted by atomic mass is 31.2. The van der Waals surface area contributed by atoms with Gasteiger partial charge in [0.05, 0.1) is 39.9 Å². The fourth-order valence-corrected chi connectivity index (χ4v) is 9.85. The van der Waals surface area contributed by atoms with Crippen LogP contribution in [0.1, 0.15) is 296 Å². The first kappa shape index (κ1) is 70.5. The van der Waals surface area contributed by atoms with Crippen molar-refractivity contribution in [1.82, 2.24) is 5.32 Å². The van der Waals surface area contributed by atoms with Crippen molar-refractivity contribution in [2.24, 2.45) is 0 Å². The number of phosphoric acid groups is 1. The number of hydrogen-bond acceptors (Lipinski definition) is 6. The van der Waals surface area contributed by atoms with Gasteiger partial charge in [0.15, 0.2) is 0 Å². The van der Waals surface area contributed by atoms with Gasteiger partial charge >= 0.3 is 0 Å². The topological polar surface area (TPSA) is 108 Å². The molecule has 0 aromatic rings. The minimum atomic E-state index is -4.61. The third-order valence-electron chi connectivity index (χ3n) is 14.0. The Balaban J connectivity index is 4.00. The molecule has 9 heteroatoms. The van der Waals surface area contributed by atoms with E-state index < -0.39 is 26.6 Å². The zero-order valence-electron chi connectivity index (χ0n) is 48.4. The summed E-state index contributed by atoms with van der Waals surface area (Å²) < 4.78 is 23.3. The highest BCUT2D eigenvalue weighted by Gasteiger charge is 2.23. The van der Waals surface area contributed by atoms with Crippen LogP contribution < -0.4 is 10.2 Å². The Morgan fingerprint density at radius 2 is 0.778 bits per heavy atom. The van der Waals surface area contributed by atoms with E-state index in [1.165, 1.54) is 231 Å². The number of rotatable bonds is 57. The second-order valence-corrected chi connectivity index (χ2v) is 23.8. The molecule has 2 N–H and O–H groups in total. The molecule has 0 radical (unpaired) electrons. The number of hydrogen-bond donors (Lipinski definition) is 2. The van der Waals surface area contributed by atoms with Gasteiger partial charge in [0.1, 0.15) is 13.2 Å². The van der Waals surface area contributed by atoms with Crippen molar-refractivity contribution in [2.75, 3.05) is 40.9 Å². The Kier molecular flexibility index (Phi) is 53.1. The number of phosphoric ester groups is 1. The molecule has 0 spiro atoms. The predicted octanol–water partition coefficient (Wildman–Crippen LogP) is 18.5. The van der Waals surface area contributed by atoms with E-state index in [-0.39, 0.29) is 12.5 Å². The Hall–Kier alpha value is -1.54. The first-order valence-corrected chi connectivity index (χ1v) is 32.5. The summed E-state index contributed by atoms with van der Waals surface area (Å²) in [5.41, 5.74) is 0. The van der Waals surface area contributed by atoms with Crippen molar-refractivity contribution in [3.63, 3.8) is 0 Å². The number of aliphatic hydroxyl groups is 1. The van der Waals surface area contributed by atoms with E-state index in [0.29, 0.717) is 17.4 Å². The predicted molar refractivity (Wildman–Crippen MR) is 311 cm³/mol. The number of quaternary nitrogens is 1. The summed E-state index contributed by atoms with van der Waals surface area (Å²) in [5, 5.41) is 13.8. The minimum Gasteiger partial charge on any atom is -0.756 e. The summed E-state index contributed by atoms with van der Waals surface area (Å²) >= 11 is 0. The summed E-state index contributed by atoms with van der Waals surface area (Å²) in [6, 6.07) is -0.909. The molecule has 0 aromatic carbocycles. The Labute approximate surface area is 448 Å². The van der Waals surface area contributed by atoms with E-state index >= 15 is 0 Å². The van der Waals surface area contributed by atoms with Crippen LogP contribution in [0.5, 0.6) is 0 Å². The van der Waals surface area contributed by atoms with Crippen LogP contribution in [-0.2, 0) is 18.4 Å². The average molecular weight is 1030 g/mol. The number of amides is 1. The summed E-state index contributed by atoms with van der Waals surface area (Å²) in [5.74, 6) is -0.208. The Morgan fingerprint density at radius 3 is 1.12 bits per heavy atom. The van der Waals surface area contributed by atoms with Gasteiger partial charge in [-0.1, -0.05) is 268 Å². The first-order valence-electron chi connectivity index (χ1n) is 31.0. The number of nitrogens with zero attached hydrogens (tertiary/aromatic N) is 1. The van der Waals surface area contributed by atoms with Crippen molar-refractivity contribution in [2.45, 2.75) is 309 Å². The molecule has 0 rings (SSSR count). The van der Waals surface area contributed by atoms with E-state index in [2.05, 4.69) is 55.6 Å². The SMILES string of the molecule is CCCCCCC/C=C/CC/C=C/CC/C=C/C(O)C(COP(=O)([O-])OCC[N+](C)(C)C)NC(=O)CCCCCCCCCCCCCCCCCCC/C=C\CCCCCCCCCCCCCCCC. The number of carbonyl (C=O) groups is 1. The largest absolute Gasteiger partial charge is 0.756 e. The normalized spacial score (nSPS) is 14.2. The monoisotopic (exact) mass is 1030 g/mol. The lowest BCUT2D eigenvalue weighted by molar-refractivity contribution is -0.870. The maximum absolute atomic E-state index is 13.0. The van der Waals surface area contributed by atoms with E-state index in [1.54, 1.807) is 6.08 Å². The zero-order chi connectivity index (χ0) is 52.7. The number of carbonyl (C=O) groups excluding carboxylic acids is 1. The first-order chi connectivity index (χ1) is 35.0. The number of likely N-dealkylation sites (N-methyl/N-ethyl adjacent to an activating group) is 1. The summed E-state index contributed by atoms with van der Waals surface area (Å²) in [7, 11) is 1.24. The molecule has 0 heterocycles. The lowest BCUT2D eigenvalue weighted by atomic mass is 10.0. The van der Waals surface area contributed by atoms with Gasteiger partial charge < -0.3 is 28.8 Å². The molecule has 1 amide bonds. The van der Waals surface area contributed by atoms with Crippen LogP contribution in [0.4, 0.5) is 0 Å². The van der Waals surface area contributed by atoms with E-state index in [4.69, 9.17) is 9.05 Å². The molecule has 72 heavy (non-hydrogen) atoms. The molecule has 0 saturated heterocycles. The maximum Gasteiger partial charge on any atom is 0.268 e. The highest BCUT2D eigenvalue weighted by molar-refractivity contribution is 7.45. The zero-order valence-corrected chi connectivity index (χ0v) is 49.3. The van der Waals surface area contributed by atoms with Crippen LogP contribution in [0.2, 0.25) is 0 Å². The molecule has 0 aliphatic rings. The second-order valence-electron chi connectivity index (χ2n) is 22.4. The number of nitrogens with one attached hydrogen (secondary N) is 1. The number of unbranched alkanes of at least 4 members (excludes halogenated alkanes) is 38. The summed E-state index contributed by atoms with van der Waals surface area (Å²) in [6.45, 7) is 4.63. The van der Waals surface area contributed by atoms with Crippen LogP contribution in [0, 0.1) is 0 Å². The molecule has 0 fully saturated rings. The molecular formula is C63H121N2O6P. The number of allylic oxidation sites excluding steroid dienone is 7. The van der Waals surface area contributed by atoms with Gasteiger partial charge in [0.2, 0.25) is 5.91 Å². The van der Waals surface area contributed by atoms with Gasteiger partial charge in [-0.15, -0.1) is 0 Å². The van der Waals surface area contributed by atoms with Gasteiger partial charge in [-0.05, 0) is 70.6 Å². The Morgan fingerprint density at radius 1 is 0.472 bits per heavy atom. The van der Waals surface area contributed by atoms with E-state index in [1.807, 2.05) is 27.2 Å². The fraction of sp³-hybridized carbons (Fsp3) is 0.857. The lowest BCUT2D eigenvalue weighted by Crippen LogP contribution is -2.45. The lowest BCUT2D eigenvalue weighted by Gasteiger charge is -2.29. The van der Waals surface area contributed by atoms with Gasteiger partial charge in [-0.2, -0.15) is 0 Å². The average Bonchev–Trinajstić information content (AvgIpc) is 3.34. The molecule has 0 aliphatic heterocycles. The molecule has 3 atom stereocenters. The standard InChI is InChI=1S/C63H121N2O6P/c1-6-8-10-12-14-16-18-20-22-23-24-25-26-27-28-29-30-31-32-33-34-35-36-37-38-39-40-41-43-45-47-49-51-53-55-57-63(67)64-61(60-71-72(68,69)70-59-58-65(3,4)5)62(66)56-54-52-50-48-46-44-42-21-19-17-15-13-11-9-7-2/h19,21,29-30,46,48,54,56,61-62,66H,6-18,20,22-28,31-45,47,49-53,55,57-60H2,1-5H3,(H-,64,67,68,69)/b21-19+,30-29-,48-46+,56-54+. The molecule has 0 saturated carbocycles. The van der Waals surface area contributed by atoms with Gasteiger partial charge in [-0.25, -0.2) is 0 Å². The van der Waals surface area contributed by atoms with Crippen molar-refractivity contribution in [3.05, 3.63) is 48.6 Å². The van der Waals surface area contributed by atoms with Crippen LogP contribution >= 0.6 is 7.82 Å². The van der Waals surface area contributed by atoms with Crippen molar-refractivity contribution in [3.8, 4) is 0 Å². The van der Waals surface area contributed by atoms with Crippen LogP contribution in [0.15, 0.2) is 48.6 Å². The quantitative estimate of drug-likeness (QED) is 0.0272. The van der Waals surface area contributed by atoms with Crippen LogP contribution in [-0.4, -0.2) is 68.5 Å². The maximum atomic E-state index is 13.0. The van der Waals surface area contributed by atoms with Crippen LogP contribution in [0.25, 0.3) is 0 Å². The van der Waals surface area contributed by atoms with Crippen LogP contribution in [0.3, 0.4) is 0 Å². The smallest absolute Gasteiger partial charge is 0.268 e. The molecular weight excluding hydrogens is 912 g/mol. The highest BCUT2D eigenvalue weighted by Crippen LogP contribution is 2.38. The fourth-order valence-electron chi connectivity index (χ4n) is 9.12. The van der Waals surface area contributed by atoms with E-state index in [9.17, 15) is 19.4 Å². The molecule has 0 aromatic heterocycles. The van der Waals surface area contributed by atoms with E-state index in [0.717, 1.165) is 44.9 Å². The molecule has 8 nitrogen and oxygen atoms in total. The third-order valence-corrected chi connectivity index (χ3v) is 15.0. The van der Waals surface area contributed by atoms with Gasteiger partial charge in [-0.3, -0.25) is 9.36 Å². The molecule has 0 aliphatic carbocycles. The van der Waals surface area contributed by atoms with Crippen molar-refractivity contribution in [1.29, 1.82) is 0 Å². The van der Waals surface area contributed by atoms with Gasteiger partial charge in [0, 0.05) is 6.42 Å². The second kappa shape index (κ2) is 54.3. The van der Waals surface area contributed by atoms with Crippen molar-refractivity contribution < 1.29 is 32.9 Å². The third kappa shape index (κ3) is 56.2. The van der Waals surface area contributed by atoms with Gasteiger partial charge in [0.25, 0.3) is 7.82 Å². The molecule has 0 bridgehead atoms. The summed E-state index contributed by atoms with van der Waals surface area (Å²) in [4.78, 5) is 25.5. The molecule has 424 valence electrons. The molecule has 3 unspecified atom stereocenters. The summed E-state index contributed by atoms with van der Waals surface area (Å²) in [6.07, 6.45) is 72.3. The minimum absolute atomic E-state index is 0.00873. The van der Waals surface area contributed by atoms with Crippen molar-refractivity contribution >= 4 is 13.7 Å².